The first-order valence-electron chi connectivity index (χ1n) is 11.6. The highest BCUT2D eigenvalue weighted by molar-refractivity contribution is 6.38. The third kappa shape index (κ3) is 2.91. The van der Waals surface area contributed by atoms with Crippen LogP contribution >= 0.6 is 0 Å². The Labute approximate surface area is 198 Å². The maximum Gasteiger partial charge on any atom is 0.194 e. The molecule has 34 heavy (non-hydrogen) atoms. The molecule has 0 saturated carbocycles. The van der Waals surface area contributed by atoms with Gasteiger partial charge in [0.25, 0.3) is 0 Å². The van der Waals surface area contributed by atoms with Gasteiger partial charge in [-0.15, -0.1) is 0 Å². The number of hydrogen-bond acceptors (Lipinski definition) is 1. The lowest BCUT2D eigenvalue weighted by Gasteiger charge is -2.15. The summed E-state index contributed by atoms with van der Waals surface area (Å²) in [4.78, 5) is 13.5. The van der Waals surface area contributed by atoms with Gasteiger partial charge in [-0.1, -0.05) is 91.0 Å². The topological polar surface area (TPSA) is 17.1 Å². The molecule has 0 bridgehead atoms. The van der Waals surface area contributed by atoms with Crippen molar-refractivity contribution in [2.24, 2.45) is 0 Å². The molecule has 0 spiro atoms. The predicted octanol–water partition coefficient (Wildman–Crippen LogP) is 8.11. The molecule has 2 aliphatic carbocycles. The summed E-state index contributed by atoms with van der Waals surface area (Å²) in [5.41, 5.74) is 8.11. The van der Waals surface area contributed by atoms with Crippen LogP contribution < -0.4 is 0 Å². The molecule has 0 fully saturated rings. The maximum absolute atomic E-state index is 13.5. The van der Waals surface area contributed by atoms with E-state index in [-0.39, 0.29) is 5.78 Å². The molecule has 1 nitrogen and oxygen atoms in total. The second kappa shape index (κ2) is 7.26. The second-order valence-corrected chi connectivity index (χ2v) is 8.97. The highest BCUT2D eigenvalue weighted by Gasteiger charge is 2.29. The zero-order valence-corrected chi connectivity index (χ0v) is 18.5. The summed E-state index contributed by atoms with van der Waals surface area (Å²) in [6.07, 6.45) is 6.13. The van der Waals surface area contributed by atoms with Crippen molar-refractivity contribution < 1.29 is 4.79 Å². The van der Waals surface area contributed by atoms with E-state index in [0.29, 0.717) is 0 Å². The van der Waals surface area contributed by atoms with Crippen molar-refractivity contribution in [1.29, 1.82) is 0 Å². The summed E-state index contributed by atoms with van der Waals surface area (Å²) in [6, 6.07) is 36.0. The van der Waals surface area contributed by atoms with E-state index in [1.165, 1.54) is 21.7 Å². The fraction of sp³-hybridized carbons (Fsp3) is 0. The van der Waals surface area contributed by atoms with E-state index >= 15 is 0 Å². The smallest absolute Gasteiger partial charge is 0.194 e. The Bertz CT molecular complexity index is 1760. The molecule has 5 aromatic carbocycles. The molecule has 0 saturated heterocycles. The molecule has 5 aromatic rings. The van der Waals surface area contributed by atoms with E-state index in [1.54, 1.807) is 0 Å². The molecule has 158 valence electrons. The number of fused-ring (bicyclic) bond motifs is 5. The summed E-state index contributed by atoms with van der Waals surface area (Å²) in [6.45, 7) is 0. The minimum atomic E-state index is 0.0937. The molecular weight excluding hydrogens is 412 g/mol. The van der Waals surface area contributed by atoms with Crippen LogP contribution in [0.2, 0.25) is 0 Å². The van der Waals surface area contributed by atoms with Gasteiger partial charge in [0, 0.05) is 11.1 Å². The van der Waals surface area contributed by atoms with Crippen molar-refractivity contribution in [2.75, 3.05) is 0 Å². The molecule has 0 N–H and O–H groups in total. The summed E-state index contributed by atoms with van der Waals surface area (Å²) in [5, 5.41) is 4.80. The Balaban J connectivity index is 1.27. The maximum atomic E-state index is 13.5. The number of benzene rings is 5. The van der Waals surface area contributed by atoms with Crippen LogP contribution in [0.3, 0.4) is 0 Å². The van der Waals surface area contributed by atoms with Crippen LogP contribution in [0.1, 0.15) is 16.7 Å². The van der Waals surface area contributed by atoms with Crippen molar-refractivity contribution in [1.82, 2.24) is 0 Å². The van der Waals surface area contributed by atoms with Crippen LogP contribution in [0, 0.1) is 0 Å². The Kier molecular flexibility index (Phi) is 4.06. The number of rotatable bonds is 2. The van der Waals surface area contributed by atoms with Gasteiger partial charge in [0.15, 0.2) is 5.78 Å². The molecule has 7 rings (SSSR count). The summed E-state index contributed by atoms with van der Waals surface area (Å²) >= 11 is 0. The van der Waals surface area contributed by atoms with Crippen molar-refractivity contribution in [3.05, 3.63) is 138 Å². The van der Waals surface area contributed by atoms with Crippen molar-refractivity contribution >= 4 is 44.6 Å². The van der Waals surface area contributed by atoms with Gasteiger partial charge in [0.2, 0.25) is 0 Å². The zero-order valence-electron chi connectivity index (χ0n) is 18.5. The van der Waals surface area contributed by atoms with Crippen LogP contribution in [0.15, 0.2) is 121 Å². The van der Waals surface area contributed by atoms with Crippen molar-refractivity contribution in [3.63, 3.8) is 0 Å². The first-order chi connectivity index (χ1) is 16.7. The van der Waals surface area contributed by atoms with Gasteiger partial charge < -0.3 is 0 Å². The van der Waals surface area contributed by atoms with Crippen LogP contribution in [-0.2, 0) is 4.79 Å². The van der Waals surface area contributed by atoms with E-state index < -0.39 is 0 Å². The molecule has 2 aliphatic rings. The standard InChI is InChI=1S/C33H20O/c34-33-30(27-12-10-22-6-2-4-8-24(22)18-27)15-16-31-29-14-13-26(19-28(29)20-32(31)33)25-11-9-21-5-1-3-7-23(21)17-25/h1-20H. The van der Waals surface area contributed by atoms with E-state index in [1.807, 2.05) is 24.3 Å². The molecular formula is C33H20O. The zero-order chi connectivity index (χ0) is 22.6. The van der Waals surface area contributed by atoms with Crippen molar-refractivity contribution in [2.45, 2.75) is 0 Å². The minimum absolute atomic E-state index is 0.0937. The molecule has 0 amide bonds. The third-order valence-electron chi connectivity index (χ3n) is 6.98. The molecule has 0 aromatic heterocycles. The molecule has 0 radical (unpaired) electrons. The quantitative estimate of drug-likeness (QED) is 0.275. The monoisotopic (exact) mass is 432 g/mol. The summed E-state index contributed by atoms with van der Waals surface area (Å²) in [7, 11) is 0. The Morgan fingerprint density at radius 3 is 1.74 bits per heavy atom. The normalized spacial score (nSPS) is 14.5. The molecule has 0 aliphatic heterocycles. The van der Waals surface area contributed by atoms with Gasteiger partial charge in [-0.25, -0.2) is 0 Å². The van der Waals surface area contributed by atoms with Crippen LogP contribution in [-0.4, -0.2) is 5.78 Å². The number of carbonyl (C=O) groups is 1. The van der Waals surface area contributed by atoms with E-state index in [9.17, 15) is 4.79 Å². The lowest BCUT2D eigenvalue weighted by Crippen LogP contribution is -2.08. The largest absolute Gasteiger partial charge is 0.289 e. The average molecular weight is 433 g/mol. The van der Waals surface area contributed by atoms with Crippen LogP contribution in [0.5, 0.6) is 0 Å². The van der Waals surface area contributed by atoms with Gasteiger partial charge in [0.1, 0.15) is 0 Å². The van der Waals surface area contributed by atoms with Gasteiger partial charge in [-0.3, -0.25) is 4.79 Å². The highest BCUT2D eigenvalue weighted by Crippen LogP contribution is 2.42. The minimum Gasteiger partial charge on any atom is -0.289 e. The SMILES string of the molecule is O=C1C2=Cc3cc(-c4ccc5ccccc5c4)ccc3C2=CC=C1c1ccc2ccccc2c1. The van der Waals surface area contributed by atoms with Crippen LogP contribution in [0.4, 0.5) is 0 Å². The van der Waals surface area contributed by atoms with E-state index in [4.69, 9.17) is 0 Å². The van der Waals surface area contributed by atoms with Gasteiger partial charge in [-0.2, -0.15) is 0 Å². The fourth-order valence-electron chi connectivity index (χ4n) is 5.19. The predicted molar refractivity (Wildman–Crippen MR) is 142 cm³/mol. The van der Waals surface area contributed by atoms with Crippen molar-refractivity contribution in [3.8, 4) is 11.1 Å². The highest BCUT2D eigenvalue weighted by atomic mass is 16.1. The summed E-state index contributed by atoms with van der Waals surface area (Å²) in [5.74, 6) is 0.0937. The molecule has 1 heteroatoms. The van der Waals surface area contributed by atoms with E-state index in [2.05, 4.69) is 97.1 Å². The van der Waals surface area contributed by atoms with E-state index in [0.717, 1.165) is 44.4 Å². The number of ketones is 1. The number of Topliss-reactive ketones (excluding diaryl/α,β-unsaturated/α-hetero) is 1. The van der Waals surface area contributed by atoms with Gasteiger partial charge in [0.05, 0.1) is 0 Å². The lowest BCUT2D eigenvalue weighted by molar-refractivity contribution is -0.110. The Morgan fingerprint density at radius 2 is 1.00 bits per heavy atom. The number of carbonyl (C=O) groups excluding carboxylic acids is 1. The molecule has 0 heterocycles. The number of hydrogen-bond donors (Lipinski definition) is 0. The third-order valence-corrected chi connectivity index (χ3v) is 6.98. The first kappa shape index (κ1) is 19.0. The second-order valence-electron chi connectivity index (χ2n) is 8.97. The fourth-order valence-corrected chi connectivity index (χ4v) is 5.19. The first-order valence-corrected chi connectivity index (χ1v) is 11.6. The van der Waals surface area contributed by atoms with Crippen LogP contribution in [0.25, 0.3) is 49.9 Å². The number of allylic oxidation sites excluding steroid dienone is 5. The molecule has 0 atom stereocenters. The Morgan fingerprint density at radius 1 is 0.441 bits per heavy atom. The van der Waals surface area contributed by atoms with Gasteiger partial charge in [-0.05, 0) is 85.3 Å². The average Bonchev–Trinajstić information content (AvgIpc) is 3.27. The van der Waals surface area contributed by atoms with Gasteiger partial charge >= 0.3 is 0 Å². The Hall–Kier alpha value is -4.49. The molecule has 0 unspecified atom stereocenters. The summed E-state index contributed by atoms with van der Waals surface area (Å²) < 4.78 is 0. The lowest BCUT2D eigenvalue weighted by atomic mass is 9.87.